The number of carboxylic acid groups (broad SMARTS) is 1. The van der Waals surface area contributed by atoms with Crippen LogP contribution in [0.25, 0.3) is 0 Å². The van der Waals surface area contributed by atoms with Crippen molar-refractivity contribution in [2.75, 3.05) is 0 Å². The van der Waals surface area contributed by atoms with E-state index in [-0.39, 0.29) is 17.7 Å². The van der Waals surface area contributed by atoms with Crippen LogP contribution in [-0.2, 0) is 9.59 Å². The fraction of sp³-hybridized carbons (Fsp3) is 0.714. The van der Waals surface area contributed by atoms with Crippen LogP contribution in [0.5, 0.6) is 0 Å². The third-order valence-electron chi connectivity index (χ3n) is 3.02. The molecule has 0 rings (SSSR count). The van der Waals surface area contributed by atoms with Gasteiger partial charge in [0.15, 0.2) is 0 Å². The Hall–Kier alpha value is -1.32. The van der Waals surface area contributed by atoms with Crippen molar-refractivity contribution in [2.24, 2.45) is 11.8 Å². The zero-order valence-electron chi connectivity index (χ0n) is 11.6. The number of carbonyl (C=O) groups is 2. The fourth-order valence-electron chi connectivity index (χ4n) is 1.90. The van der Waals surface area contributed by atoms with E-state index >= 15 is 0 Å². The number of carboxylic acids is 1. The molecule has 0 bridgehead atoms. The second kappa shape index (κ2) is 8.72. The number of hydrogen-bond acceptors (Lipinski definition) is 2. The summed E-state index contributed by atoms with van der Waals surface area (Å²) in [5.74, 6) is -1.02. The molecule has 0 aliphatic rings. The van der Waals surface area contributed by atoms with E-state index in [9.17, 15) is 9.59 Å². The van der Waals surface area contributed by atoms with E-state index in [1.165, 1.54) is 0 Å². The normalized spacial score (nSPS) is 14.0. The van der Waals surface area contributed by atoms with Gasteiger partial charge < -0.3 is 10.4 Å². The first-order valence-corrected chi connectivity index (χ1v) is 6.58. The topological polar surface area (TPSA) is 66.4 Å². The molecule has 2 atom stereocenters. The Labute approximate surface area is 109 Å². The Morgan fingerprint density at radius 3 is 2.33 bits per heavy atom. The van der Waals surface area contributed by atoms with Gasteiger partial charge >= 0.3 is 5.97 Å². The highest BCUT2D eigenvalue weighted by Crippen LogP contribution is 2.17. The van der Waals surface area contributed by atoms with Crippen molar-refractivity contribution in [1.29, 1.82) is 0 Å². The van der Waals surface area contributed by atoms with Gasteiger partial charge in [0.2, 0.25) is 5.91 Å². The van der Waals surface area contributed by atoms with E-state index < -0.39 is 12.0 Å². The minimum Gasteiger partial charge on any atom is -0.480 e. The molecule has 0 aliphatic carbocycles. The van der Waals surface area contributed by atoms with Gasteiger partial charge in [0.05, 0.1) is 0 Å². The molecule has 0 saturated heterocycles. The lowest BCUT2D eigenvalue weighted by molar-refractivity contribution is -0.143. The standard InChI is InChI=1S/C14H25NO3/c1-5-7-9-12(14(17)18)15-13(16)11(8-6-2)10(3)4/h5,10-12H,1,6-9H2,2-4H3,(H,15,16)(H,17,18). The number of aliphatic carboxylic acids is 1. The van der Waals surface area contributed by atoms with Crippen molar-refractivity contribution in [3.05, 3.63) is 12.7 Å². The Kier molecular flexibility index (Phi) is 8.08. The van der Waals surface area contributed by atoms with Crippen LogP contribution < -0.4 is 5.32 Å². The average molecular weight is 255 g/mol. The van der Waals surface area contributed by atoms with Gasteiger partial charge in [-0.25, -0.2) is 4.79 Å². The minimum absolute atomic E-state index is 0.111. The smallest absolute Gasteiger partial charge is 0.326 e. The van der Waals surface area contributed by atoms with Crippen LogP contribution in [0.2, 0.25) is 0 Å². The second-order valence-electron chi connectivity index (χ2n) is 4.90. The lowest BCUT2D eigenvalue weighted by atomic mass is 9.90. The Morgan fingerprint density at radius 2 is 1.94 bits per heavy atom. The Bertz CT molecular complexity index is 287. The lowest BCUT2D eigenvalue weighted by Crippen LogP contribution is -2.44. The average Bonchev–Trinajstić information content (AvgIpc) is 2.30. The van der Waals surface area contributed by atoms with Crippen molar-refractivity contribution < 1.29 is 14.7 Å². The molecule has 104 valence electrons. The molecule has 4 nitrogen and oxygen atoms in total. The molecule has 0 aromatic rings. The van der Waals surface area contributed by atoms with Crippen LogP contribution in [0.4, 0.5) is 0 Å². The molecule has 0 spiro atoms. The van der Waals surface area contributed by atoms with Crippen LogP contribution in [0.1, 0.15) is 46.5 Å². The van der Waals surface area contributed by atoms with Gasteiger partial charge in [-0.15, -0.1) is 6.58 Å². The molecular formula is C14H25NO3. The number of hydrogen-bond donors (Lipinski definition) is 2. The lowest BCUT2D eigenvalue weighted by Gasteiger charge is -2.22. The van der Waals surface area contributed by atoms with Crippen molar-refractivity contribution in [3.8, 4) is 0 Å². The molecule has 0 heterocycles. The summed E-state index contributed by atoms with van der Waals surface area (Å²) in [6.45, 7) is 9.55. The van der Waals surface area contributed by atoms with E-state index in [4.69, 9.17) is 5.11 Å². The van der Waals surface area contributed by atoms with Gasteiger partial charge in [-0.2, -0.15) is 0 Å². The van der Waals surface area contributed by atoms with E-state index in [2.05, 4.69) is 11.9 Å². The molecule has 1 amide bonds. The first kappa shape index (κ1) is 16.7. The van der Waals surface area contributed by atoms with E-state index in [0.29, 0.717) is 12.8 Å². The highest BCUT2D eigenvalue weighted by atomic mass is 16.4. The van der Waals surface area contributed by atoms with Crippen molar-refractivity contribution >= 4 is 11.9 Å². The largest absolute Gasteiger partial charge is 0.480 e. The maximum atomic E-state index is 12.1. The zero-order chi connectivity index (χ0) is 14.1. The molecule has 4 heteroatoms. The Balaban J connectivity index is 4.54. The van der Waals surface area contributed by atoms with Crippen molar-refractivity contribution in [2.45, 2.75) is 52.5 Å². The first-order valence-electron chi connectivity index (χ1n) is 6.58. The van der Waals surface area contributed by atoms with Gasteiger partial charge in [0.1, 0.15) is 6.04 Å². The zero-order valence-corrected chi connectivity index (χ0v) is 11.6. The molecule has 0 fully saturated rings. The van der Waals surface area contributed by atoms with Crippen LogP contribution in [-0.4, -0.2) is 23.0 Å². The summed E-state index contributed by atoms with van der Waals surface area (Å²) in [6, 6.07) is -0.811. The summed E-state index contributed by atoms with van der Waals surface area (Å²) in [5, 5.41) is 11.7. The molecule has 18 heavy (non-hydrogen) atoms. The van der Waals surface area contributed by atoms with Gasteiger partial charge in [-0.1, -0.05) is 33.3 Å². The summed E-state index contributed by atoms with van der Waals surface area (Å²) in [5.41, 5.74) is 0. The third-order valence-corrected chi connectivity index (χ3v) is 3.02. The predicted octanol–water partition coefficient (Wildman–Crippen LogP) is 2.59. The van der Waals surface area contributed by atoms with Gasteiger partial charge in [-0.3, -0.25) is 4.79 Å². The summed E-state index contributed by atoms with van der Waals surface area (Å²) < 4.78 is 0. The molecule has 0 aliphatic heterocycles. The molecular weight excluding hydrogens is 230 g/mol. The van der Waals surface area contributed by atoms with E-state index in [1.54, 1.807) is 6.08 Å². The molecule has 2 N–H and O–H groups in total. The van der Waals surface area contributed by atoms with E-state index in [1.807, 2.05) is 20.8 Å². The number of rotatable bonds is 9. The maximum absolute atomic E-state index is 12.1. The summed E-state index contributed by atoms with van der Waals surface area (Å²) in [7, 11) is 0. The fourth-order valence-corrected chi connectivity index (χ4v) is 1.90. The van der Waals surface area contributed by atoms with Crippen molar-refractivity contribution in [1.82, 2.24) is 5.32 Å². The SMILES string of the molecule is C=CCCC(NC(=O)C(CCC)C(C)C)C(=O)O. The summed E-state index contributed by atoms with van der Waals surface area (Å²) in [6.07, 6.45) is 4.34. The number of nitrogens with one attached hydrogen (secondary N) is 1. The molecule has 0 saturated carbocycles. The highest BCUT2D eigenvalue weighted by molar-refractivity contribution is 5.85. The molecule has 0 aromatic heterocycles. The van der Waals surface area contributed by atoms with Crippen LogP contribution in [0.15, 0.2) is 12.7 Å². The molecule has 0 aromatic carbocycles. The number of amides is 1. The van der Waals surface area contributed by atoms with Gasteiger partial charge in [0.25, 0.3) is 0 Å². The van der Waals surface area contributed by atoms with E-state index in [0.717, 1.165) is 12.8 Å². The van der Waals surface area contributed by atoms with Gasteiger partial charge in [0, 0.05) is 5.92 Å². The minimum atomic E-state index is -0.982. The van der Waals surface area contributed by atoms with Gasteiger partial charge in [-0.05, 0) is 25.2 Å². The maximum Gasteiger partial charge on any atom is 0.326 e. The third kappa shape index (κ3) is 5.84. The highest BCUT2D eigenvalue weighted by Gasteiger charge is 2.26. The molecule has 2 unspecified atom stereocenters. The van der Waals surface area contributed by atoms with Crippen LogP contribution in [0.3, 0.4) is 0 Å². The first-order chi connectivity index (χ1) is 8.43. The predicted molar refractivity (Wildman–Crippen MR) is 72.2 cm³/mol. The number of allylic oxidation sites excluding steroid dienone is 1. The number of carbonyl (C=O) groups excluding carboxylic acids is 1. The van der Waals surface area contributed by atoms with Crippen LogP contribution in [0, 0.1) is 11.8 Å². The summed E-state index contributed by atoms with van der Waals surface area (Å²) in [4.78, 5) is 23.1. The summed E-state index contributed by atoms with van der Waals surface area (Å²) >= 11 is 0. The van der Waals surface area contributed by atoms with Crippen molar-refractivity contribution in [3.63, 3.8) is 0 Å². The molecule has 0 radical (unpaired) electrons. The Morgan fingerprint density at radius 1 is 1.33 bits per heavy atom. The second-order valence-corrected chi connectivity index (χ2v) is 4.90. The monoisotopic (exact) mass is 255 g/mol. The van der Waals surface area contributed by atoms with Crippen LogP contribution >= 0.6 is 0 Å². The quantitative estimate of drug-likeness (QED) is 0.622.